The maximum atomic E-state index is 12.8. The molecule has 0 spiro atoms. The van der Waals surface area contributed by atoms with Crippen molar-refractivity contribution in [2.45, 2.75) is 35.9 Å². The van der Waals surface area contributed by atoms with Gasteiger partial charge in [-0.25, -0.2) is 18.5 Å². The number of hydrogen-bond acceptors (Lipinski definition) is 8. The summed E-state index contributed by atoms with van der Waals surface area (Å²) in [4.78, 5) is 29.4. The van der Waals surface area contributed by atoms with Crippen molar-refractivity contribution >= 4 is 49.2 Å². The van der Waals surface area contributed by atoms with E-state index < -0.39 is 10.0 Å². The molecule has 0 radical (unpaired) electrons. The third kappa shape index (κ3) is 6.17. The fraction of sp³-hybridized carbons (Fsp3) is 0.300. The number of nitrogens with one attached hydrogen (secondary N) is 1. The van der Waals surface area contributed by atoms with E-state index in [-0.39, 0.29) is 28.5 Å². The Morgan fingerprint density at radius 2 is 2.03 bits per heavy atom. The number of amides is 1. The first kappa shape index (κ1) is 23.9. The molecule has 0 aliphatic heterocycles. The molecule has 1 amide bonds. The van der Waals surface area contributed by atoms with E-state index in [1.807, 2.05) is 6.07 Å². The van der Waals surface area contributed by atoms with Crippen molar-refractivity contribution in [3.05, 3.63) is 51.6 Å². The number of primary sulfonamides is 1. The summed E-state index contributed by atoms with van der Waals surface area (Å²) in [7, 11) is -3.72. The minimum absolute atomic E-state index is 0.0445. The normalized spacial score (nSPS) is 11.4. The molecule has 1 aromatic carbocycles. The Labute approximate surface area is 193 Å². The summed E-state index contributed by atoms with van der Waals surface area (Å²) in [5.41, 5.74) is 1.33. The van der Waals surface area contributed by atoms with Crippen LogP contribution in [0.3, 0.4) is 0 Å². The molecule has 9 nitrogen and oxygen atoms in total. The molecule has 0 saturated carbocycles. The number of nitriles is 1. The molecule has 0 aliphatic carbocycles. The summed E-state index contributed by atoms with van der Waals surface area (Å²) in [6.45, 7) is 0.732. The quantitative estimate of drug-likeness (QED) is 0.325. The summed E-state index contributed by atoms with van der Waals surface area (Å²) in [6.07, 6.45) is 1.24. The summed E-state index contributed by atoms with van der Waals surface area (Å²) < 4.78 is 24.6. The Morgan fingerprint density at radius 1 is 1.28 bits per heavy atom. The number of rotatable bonds is 10. The zero-order valence-electron chi connectivity index (χ0n) is 17.0. The van der Waals surface area contributed by atoms with E-state index >= 15 is 0 Å². The van der Waals surface area contributed by atoms with Crippen molar-refractivity contribution in [3.63, 3.8) is 0 Å². The van der Waals surface area contributed by atoms with Crippen molar-refractivity contribution in [1.82, 2.24) is 14.9 Å². The van der Waals surface area contributed by atoms with Gasteiger partial charge in [-0.15, -0.1) is 11.3 Å². The Hall–Kier alpha value is -2.72. The van der Waals surface area contributed by atoms with Crippen LogP contribution < -0.4 is 16.0 Å². The lowest BCUT2D eigenvalue weighted by molar-refractivity contribution is -0.121. The van der Waals surface area contributed by atoms with Gasteiger partial charge >= 0.3 is 0 Å². The van der Waals surface area contributed by atoms with Gasteiger partial charge in [0.25, 0.3) is 5.56 Å². The van der Waals surface area contributed by atoms with Crippen LogP contribution in [-0.4, -0.2) is 36.2 Å². The third-order valence-corrected chi connectivity index (χ3v) is 7.23. The van der Waals surface area contributed by atoms with Gasteiger partial charge in [0.15, 0.2) is 5.16 Å². The Kier molecular flexibility index (Phi) is 8.03. The monoisotopic (exact) mass is 491 g/mol. The molecule has 0 bridgehead atoms. The van der Waals surface area contributed by atoms with Gasteiger partial charge in [0, 0.05) is 19.5 Å². The fourth-order valence-electron chi connectivity index (χ4n) is 3.01. The molecular weight excluding hydrogens is 470 g/mol. The number of thiophene rings is 1. The van der Waals surface area contributed by atoms with Crippen LogP contribution in [-0.2, 0) is 27.8 Å². The molecule has 0 unspecified atom stereocenters. The smallest absolute Gasteiger partial charge is 0.272 e. The van der Waals surface area contributed by atoms with Crippen molar-refractivity contribution in [2.75, 3.05) is 12.3 Å². The average Bonchev–Trinajstić information content (AvgIpc) is 3.22. The van der Waals surface area contributed by atoms with Crippen LogP contribution in [0.25, 0.3) is 10.2 Å². The Morgan fingerprint density at radius 3 is 2.72 bits per heavy atom. The number of benzene rings is 1. The van der Waals surface area contributed by atoms with Crippen LogP contribution in [0.5, 0.6) is 0 Å². The predicted molar refractivity (Wildman–Crippen MR) is 124 cm³/mol. The fourth-order valence-corrected chi connectivity index (χ4v) is 4.99. The zero-order valence-corrected chi connectivity index (χ0v) is 19.4. The molecule has 2 heterocycles. The van der Waals surface area contributed by atoms with Gasteiger partial charge in [0.1, 0.15) is 4.70 Å². The number of sulfonamides is 1. The number of aromatic nitrogens is 2. The second kappa shape index (κ2) is 10.7. The Balaban J connectivity index is 1.51. The molecule has 0 fully saturated rings. The number of carbonyl (C=O) groups is 1. The minimum atomic E-state index is -3.72. The molecule has 3 aromatic rings. The van der Waals surface area contributed by atoms with E-state index in [2.05, 4.69) is 10.3 Å². The molecule has 12 heteroatoms. The van der Waals surface area contributed by atoms with Crippen LogP contribution in [0.4, 0.5) is 0 Å². The molecule has 2 aromatic heterocycles. The van der Waals surface area contributed by atoms with E-state index in [0.29, 0.717) is 41.3 Å². The van der Waals surface area contributed by atoms with Gasteiger partial charge in [-0.2, -0.15) is 5.26 Å². The summed E-state index contributed by atoms with van der Waals surface area (Å²) in [5, 5.41) is 19.0. The van der Waals surface area contributed by atoms with Gasteiger partial charge in [-0.3, -0.25) is 14.2 Å². The first-order chi connectivity index (χ1) is 15.3. The second-order valence-corrected chi connectivity index (χ2v) is 10.2. The molecule has 0 atom stereocenters. The summed E-state index contributed by atoms with van der Waals surface area (Å²) in [5.74, 6) is 0.0383. The van der Waals surface area contributed by atoms with Crippen molar-refractivity contribution in [1.29, 1.82) is 5.26 Å². The SMILES string of the molecule is N#CCSc1nc2ccsc2c(=O)n1CCCC(=O)NCCc1ccc(S(N)(=O)=O)cc1. The number of nitrogens with zero attached hydrogens (tertiary/aromatic N) is 3. The van der Waals surface area contributed by atoms with Gasteiger partial charge in [-0.1, -0.05) is 23.9 Å². The third-order valence-electron chi connectivity index (χ3n) is 4.57. The topological polar surface area (TPSA) is 148 Å². The molecule has 0 saturated heterocycles. The maximum Gasteiger partial charge on any atom is 0.272 e. The van der Waals surface area contributed by atoms with E-state index in [1.165, 1.54) is 39.8 Å². The lowest BCUT2D eigenvalue weighted by atomic mass is 10.1. The highest BCUT2D eigenvalue weighted by Gasteiger charge is 2.13. The molecule has 168 valence electrons. The van der Waals surface area contributed by atoms with Crippen molar-refractivity contribution < 1.29 is 13.2 Å². The van der Waals surface area contributed by atoms with Crippen LogP contribution in [0.2, 0.25) is 0 Å². The number of fused-ring (bicyclic) bond motifs is 1. The number of hydrogen-bond donors (Lipinski definition) is 2. The summed E-state index contributed by atoms with van der Waals surface area (Å²) >= 11 is 2.52. The lowest BCUT2D eigenvalue weighted by Gasteiger charge is -2.11. The highest BCUT2D eigenvalue weighted by molar-refractivity contribution is 7.99. The van der Waals surface area contributed by atoms with Crippen LogP contribution in [0, 0.1) is 11.3 Å². The van der Waals surface area contributed by atoms with Crippen molar-refractivity contribution in [3.8, 4) is 6.07 Å². The van der Waals surface area contributed by atoms with Crippen LogP contribution in [0.1, 0.15) is 18.4 Å². The molecular formula is C20H21N5O4S3. The van der Waals surface area contributed by atoms with Gasteiger partial charge in [0.05, 0.1) is 22.2 Å². The summed E-state index contributed by atoms with van der Waals surface area (Å²) in [6, 6.07) is 10.0. The van der Waals surface area contributed by atoms with Gasteiger partial charge < -0.3 is 5.32 Å². The van der Waals surface area contributed by atoms with E-state index in [0.717, 1.165) is 5.56 Å². The van der Waals surface area contributed by atoms with Crippen LogP contribution >= 0.6 is 23.1 Å². The molecule has 3 N–H and O–H groups in total. The molecule has 0 aliphatic rings. The van der Waals surface area contributed by atoms with Crippen LogP contribution in [0.15, 0.2) is 50.6 Å². The molecule has 32 heavy (non-hydrogen) atoms. The van der Waals surface area contributed by atoms with E-state index in [9.17, 15) is 18.0 Å². The maximum absolute atomic E-state index is 12.8. The number of nitrogens with two attached hydrogens (primary N) is 1. The second-order valence-electron chi connectivity index (χ2n) is 6.83. The zero-order chi connectivity index (χ0) is 23.1. The number of thioether (sulfide) groups is 1. The Bertz CT molecular complexity index is 1310. The molecule has 3 rings (SSSR count). The van der Waals surface area contributed by atoms with Gasteiger partial charge in [-0.05, 0) is 42.0 Å². The number of carbonyl (C=O) groups excluding carboxylic acids is 1. The largest absolute Gasteiger partial charge is 0.356 e. The van der Waals surface area contributed by atoms with E-state index in [4.69, 9.17) is 10.4 Å². The highest BCUT2D eigenvalue weighted by atomic mass is 32.2. The predicted octanol–water partition coefficient (Wildman–Crippen LogP) is 1.86. The van der Waals surface area contributed by atoms with Crippen molar-refractivity contribution in [2.24, 2.45) is 5.14 Å². The van der Waals surface area contributed by atoms with E-state index in [1.54, 1.807) is 23.6 Å². The highest BCUT2D eigenvalue weighted by Crippen LogP contribution is 2.21. The van der Waals surface area contributed by atoms with Gasteiger partial charge in [0.2, 0.25) is 15.9 Å². The first-order valence-electron chi connectivity index (χ1n) is 9.66. The lowest BCUT2D eigenvalue weighted by Crippen LogP contribution is -2.27. The standard InChI is InChI=1S/C20H21N5O4S3/c21-9-13-31-20-24-16-8-12-30-18(16)19(27)25(20)11-1-2-17(26)23-10-7-14-3-5-15(6-4-14)32(22,28)29/h3-6,8,12H,1-2,7,10-11,13H2,(H,23,26)(H2,22,28,29). The average molecular weight is 492 g/mol. The first-order valence-corrected chi connectivity index (χ1v) is 13.1. The minimum Gasteiger partial charge on any atom is -0.356 e.